The van der Waals surface area contributed by atoms with Gasteiger partial charge in [-0.1, -0.05) is 260 Å². The highest BCUT2D eigenvalue weighted by Gasteiger charge is 2.16. The molecule has 0 amide bonds. The molecule has 0 aliphatic heterocycles. The largest absolute Gasteiger partial charge is 0.344 e. The maximum Gasteiger partial charge on any atom is 0.0543 e. The molecule has 20 aromatic rings. The number of hydrogen-bond donors (Lipinski definition) is 0. The number of rotatable bonds is 5. The summed E-state index contributed by atoms with van der Waals surface area (Å²) in [6.45, 7) is 4.29. The fourth-order valence-electron chi connectivity index (χ4n) is 14.8. The molecule has 0 spiro atoms. The average molecular weight is 1290 g/mol. The van der Waals surface area contributed by atoms with E-state index in [1.165, 1.54) is 165 Å². The summed E-state index contributed by atoms with van der Waals surface area (Å²) in [5, 5.41) is 13.2. The second kappa shape index (κ2) is 27.1. The third-order valence-electron chi connectivity index (χ3n) is 19.7. The smallest absolute Gasteiger partial charge is 0.0543 e. The van der Waals surface area contributed by atoms with Gasteiger partial charge in [0.05, 0.1) is 22.1 Å². The zero-order chi connectivity index (χ0) is 67.6. The number of benzene rings is 15. The molecule has 100 heavy (non-hydrogen) atoms. The number of hydrogen-bond acceptors (Lipinski definition) is 0. The van der Waals surface area contributed by atoms with Crippen molar-refractivity contribution in [3.05, 3.63) is 375 Å². The van der Waals surface area contributed by atoms with Gasteiger partial charge < -0.3 is 22.8 Å². The van der Waals surface area contributed by atoms with E-state index in [1.807, 2.05) is 0 Å². The van der Waals surface area contributed by atoms with E-state index in [9.17, 15) is 0 Å². The van der Waals surface area contributed by atoms with Crippen molar-refractivity contribution in [1.29, 1.82) is 0 Å². The molecule has 0 saturated carbocycles. The molecule has 0 radical (unpaired) electrons. The Morgan fingerprint density at radius 3 is 0.800 bits per heavy atom. The highest BCUT2D eigenvalue weighted by atomic mass is 15.0. The zero-order valence-corrected chi connectivity index (χ0v) is 56.9. The Morgan fingerprint density at radius 2 is 0.400 bits per heavy atom. The van der Waals surface area contributed by atoms with Crippen molar-refractivity contribution in [2.24, 2.45) is 21.1 Å². The maximum atomic E-state index is 2.34. The summed E-state index contributed by atoms with van der Waals surface area (Å²) >= 11 is 0. The molecule has 5 heterocycles. The predicted molar refractivity (Wildman–Crippen MR) is 429 cm³/mol. The normalized spacial score (nSPS) is 11.2. The minimum absolute atomic E-state index is 1.21. The van der Waals surface area contributed by atoms with E-state index in [1.54, 1.807) is 0 Å². The van der Waals surface area contributed by atoms with Gasteiger partial charge >= 0.3 is 0 Å². The second-order valence-electron chi connectivity index (χ2n) is 25.9. The van der Waals surface area contributed by atoms with Crippen LogP contribution in [0.5, 0.6) is 0 Å². The first-order valence-electron chi connectivity index (χ1n) is 34.4. The van der Waals surface area contributed by atoms with E-state index < -0.39 is 0 Å². The van der Waals surface area contributed by atoms with E-state index in [0.717, 1.165) is 0 Å². The molecule has 0 aliphatic rings. The Kier molecular flexibility index (Phi) is 16.8. The molecule has 5 heteroatoms. The van der Waals surface area contributed by atoms with Gasteiger partial charge in [0.25, 0.3) is 0 Å². The monoisotopic (exact) mass is 1290 g/mol. The molecule has 5 aromatic heterocycles. The highest BCUT2D eigenvalue weighted by molar-refractivity contribution is 6.13. The average Bonchev–Trinajstić information content (AvgIpc) is 1.63. The van der Waals surface area contributed by atoms with Crippen molar-refractivity contribution in [1.82, 2.24) is 22.8 Å². The summed E-state index contributed by atoms with van der Waals surface area (Å²) in [7, 11) is 6.40. The lowest BCUT2D eigenvalue weighted by atomic mass is 10.0. The van der Waals surface area contributed by atoms with Crippen molar-refractivity contribution in [2.75, 3.05) is 0 Å². The van der Waals surface area contributed by atoms with Gasteiger partial charge in [0.1, 0.15) is 0 Å². The minimum Gasteiger partial charge on any atom is -0.344 e. The van der Waals surface area contributed by atoms with Gasteiger partial charge in [-0.05, 0) is 162 Å². The summed E-state index contributed by atoms with van der Waals surface area (Å²) in [6, 6.07) is 129. The molecule has 0 bridgehead atoms. The SMILES string of the molecule is Cc1ccc2c(c1)c1ccccc1n2-c1ccccc1.Cc1ccc2c3ccccc3n(-c3ccccc3)c2c1.Cn1c2ccc(-c3ccccc3)cc2c2cc(-c3ccccc3)ccc21.Cn1c2ccccc2c2cc(-c3ccccc3)ccc21.Cn1c2ccccc2c2ccccc21. The molecule has 0 N–H and O–H groups in total. The van der Waals surface area contributed by atoms with Crippen LogP contribution in [-0.4, -0.2) is 22.8 Å². The van der Waals surface area contributed by atoms with Crippen LogP contribution in [0.15, 0.2) is 364 Å². The third kappa shape index (κ3) is 11.7. The van der Waals surface area contributed by atoms with Crippen LogP contribution in [-0.2, 0) is 21.1 Å². The lowest BCUT2D eigenvalue weighted by Crippen LogP contribution is -1.92. The molecule has 0 fully saturated rings. The molecule has 0 unspecified atom stereocenters. The standard InChI is InChI=1S/C25H19N.3C19H15N.C13H11N/c1-26-24-14-12-20(18-8-4-2-5-9-18)16-22(24)23-17-21(13-15-25(23)26)19-10-6-3-7-11-19;1-20-18-10-6-5-9-16(18)17-13-15(11-12-19(17)20)14-7-3-2-4-8-14;1-14-11-12-19-17(13-14)16-9-5-6-10-18(16)20(19)15-7-3-2-4-8-15;1-14-11-12-17-16-9-5-6-10-18(16)20(19(17)13-14)15-7-3-2-4-8-15;1-14-12-8-4-2-6-10(12)11-7-3-5-9-13(11)14/h2-17H,1H3;3*2-13H,1H3;2-9H,1H3. The van der Waals surface area contributed by atoms with Gasteiger partial charge in [-0.25, -0.2) is 0 Å². The van der Waals surface area contributed by atoms with Crippen molar-refractivity contribution >= 4 is 109 Å². The molecular formula is C95H75N5. The number of aryl methyl sites for hydroxylation is 5. The highest BCUT2D eigenvalue weighted by Crippen LogP contribution is 2.38. The zero-order valence-electron chi connectivity index (χ0n) is 56.9. The van der Waals surface area contributed by atoms with Gasteiger partial charge in [-0.15, -0.1) is 0 Å². The van der Waals surface area contributed by atoms with Crippen LogP contribution >= 0.6 is 0 Å². The second-order valence-corrected chi connectivity index (χ2v) is 25.9. The van der Waals surface area contributed by atoms with E-state index in [0.29, 0.717) is 0 Å². The van der Waals surface area contributed by atoms with Gasteiger partial charge in [0, 0.05) is 119 Å². The number of nitrogens with zero attached hydrogens (tertiary/aromatic N) is 5. The van der Waals surface area contributed by atoms with Gasteiger partial charge in [-0.3, -0.25) is 0 Å². The molecular weight excluding hydrogens is 1210 g/mol. The molecule has 0 aliphatic carbocycles. The van der Waals surface area contributed by atoms with Crippen LogP contribution in [0.2, 0.25) is 0 Å². The molecule has 15 aromatic carbocycles. The van der Waals surface area contributed by atoms with Gasteiger partial charge in [-0.2, -0.15) is 0 Å². The Morgan fingerprint density at radius 1 is 0.160 bits per heavy atom. The minimum atomic E-state index is 1.21. The third-order valence-corrected chi connectivity index (χ3v) is 19.7. The molecule has 0 saturated heterocycles. The lowest BCUT2D eigenvalue weighted by Gasteiger charge is -2.07. The first-order chi connectivity index (χ1) is 49.2. The van der Waals surface area contributed by atoms with Crippen molar-refractivity contribution in [3.63, 3.8) is 0 Å². The lowest BCUT2D eigenvalue weighted by molar-refractivity contribution is 1.01. The van der Waals surface area contributed by atoms with Crippen LogP contribution in [0.3, 0.4) is 0 Å². The van der Waals surface area contributed by atoms with Gasteiger partial charge in [0.15, 0.2) is 0 Å². The quantitative estimate of drug-likeness (QED) is 0.164. The summed E-state index contributed by atoms with van der Waals surface area (Å²) in [5.74, 6) is 0. The van der Waals surface area contributed by atoms with Crippen molar-refractivity contribution in [2.45, 2.75) is 13.8 Å². The number of fused-ring (bicyclic) bond motifs is 15. The van der Waals surface area contributed by atoms with E-state index in [-0.39, 0.29) is 0 Å². The summed E-state index contributed by atoms with van der Waals surface area (Å²) in [4.78, 5) is 0. The van der Waals surface area contributed by atoms with Crippen molar-refractivity contribution < 1.29 is 0 Å². The Bertz CT molecular complexity index is 6150. The molecule has 480 valence electrons. The number of para-hydroxylation sites is 7. The van der Waals surface area contributed by atoms with E-state index in [4.69, 9.17) is 0 Å². The van der Waals surface area contributed by atoms with Crippen LogP contribution < -0.4 is 0 Å². The fraction of sp³-hybridized carbons (Fsp3) is 0.0526. The Hall–Kier alpha value is -12.7. The molecule has 5 nitrogen and oxygen atoms in total. The van der Waals surface area contributed by atoms with Crippen LogP contribution in [0, 0.1) is 13.8 Å². The van der Waals surface area contributed by atoms with Gasteiger partial charge in [0.2, 0.25) is 0 Å². The molecule has 20 rings (SSSR count). The number of aromatic nitrogens is 5. The summed E-state index contributed by atoms with van der Waals surface area (Å²) in [5.41, 5.74) is 25.4. The van der Waals surface area contributed by atoms with Crippen LogP contribution in [0.1, 0.15) is 11.1 Å². The summed E-state index contributed by atoms with van der Waals surface area (Å²) in [6.07, 6.45) is 0. The maximum absolute atomic E-state index is 2.34. The molecule has 0 atom stereocenters. The first-order valence-corrected chi connectivity index (χ1v) is 34.4. The van der Waals surface area contributed by atoms with Crippen LogP contribution in [0.4, 0.5) is 0 Å². The van der Waals surface area contributed by atoms with Crippen molar-refractivity contribution in [3.8, 4) is 44.8 Å². The van der Waals surface area contributed by atoms with E-state index in [2.05, 4.69) is 422 Å². The first kappa shape index (κ1) is 62.1. The predicted octanol–water partition coefficient (Wildman–Crippen LogP) is 25.2. The Labute approximate surface area is 583 Å². The van der Waals surface area contributed by atoms with Crippen LogP contribution in [0.25, 0.3) is 154 Å². The topological polar surface area (TPSA) is 24.6 Å². The summed E-state index contributed by atoms with van der Waals surface area (Å²) < 4.78 is 11.5. The fourth-order valence-corrected chi connectivity index (χ4v) is 14.8. The van der Waals surface area contributed by atoms with E-state index >= 15 is 0 Å². The Balaban J connectivity index is 0.0000000984.